The number of nitrogens with one attached hydrogen (secondary N) is 1. The quantitative estimate of drug-likeness (QED) is 0.177. The van der Waals surface area contributed by atoms with E-state index in [0.717, 1.165) is 51.6 Å². The van der Waals surface area contributed by atoms with Crippen LogP contribution < -0.4 is 10.2 Å². The minimum Gasteiger partial charge on any atom is -0.415 e. The number of ether oxygens (including phenoxy) is 1. The molecule has 0 spiro atoms. The van der Waals surface area contributed by atoms with E-state index < -0.39 is 33.3 Å². The molecule has 2 aliphatic heterocycles. The van der Waals surface area contributed by atoms with Crippen molar-refractivity contribution in [2.24, 2.45) is 0 Å². The first-order valence-corrected chi connectivity index (χ1v) is 34.5. The molecule has 4 rings (SSSR count). The van der Waals surface area contributed by atoms with Gasteiger partial charge in [0.2, 0.25) is 0 Å². The SMILES string of the molecule is CC(C)(C)[Si](C)(C)OC[C@@H]1C(O[Si](C)(C)C(C)(C)C)C(O[Si](C)(C)C(C)(C)C)C(O[Si](C)(C)C(C)(C)C)CN1Cc1ccc(CNc2ccc(N3CCOCC3)cc2)cc1. The van der Waals surface area contributed by atoms with Gasteiger partial charge in [-0.2, -0.15) is 0 Å². The lowest BCUT2D eigenvalue weighted by Gasteiger charge is -2.56. The van der Waals surface area contributed by atoms with Gasteiger partial charge in [-0.1, -0.05) is 107 Å². The van der Waals surface area contributed by atoms with Gasteiger partial charge < -0.3 is 32.7 Å². The highest BCUT2D eigenvalue weighted by atomic mass is 28.4. The number of anilines is 2. The normalized spacial score (nSPS) is 22.3. The molecule has 4 atom stereocenters. The lowest BCUT2D eigenvalue weighted by molar-refractivity contribution is -0.130. The molecule has 0 aromatic heterocycles. The molecule has 12 heteroatoms. The highest BCUT2D eigenvalue weighted by Crippen LogP contribution is 2.46. The largest absolute Gasteiger partial charge is 0.415 e. The van der Waals surface area contributed by atoms with Gasteiger partial charge in [0, 0.05) is 44.1 Å². The zero-order valence-electron chi connectivity index (χ0n) is 42.0. The monoisotopic (exact) mass is 900 g/mol. The zero-order valence-corrected chi connectivity index (χ0v) is 46.0. The molecule has 0 bridgehead atoms. The number of morpholine rings is 1. The fourth-order valence-corrected chi connectivity index (χ4v) is 11.8. The van der Waals surface area contributed by atoms with Gasteiger partial charge in [0.25, 0.3) is 0 Å². The predicted octanol–water partition coefficient (Wildman–Crippen LogP) is 12.5. The fraction of sp³-hybridized carbons (Fsp3) is 0.750. The number of rotatable bonds is 15. The molecule has 0 radical (unpaired) electrons. The Kier molecular flexibility index (Phi) is 16.3. The summed E-state index contributed by atoms with van der Waals surface area (Å²) in [5.41, 5.74) is 4.93. The molecule has 0 aliphatic carbocycles. The molecular formula is C48H89N3O5Si4. The first kappa shape index (κ1) is 51.3. The lowest BCUT2D eigenvalue weighted by Crippen LogP contribution is -2.70. The maximum atomic E-state index is 7.76. The Hall–Kier alpha value is -1.33. The van der Waals surface area contributed by atoms with Crippen molar-refractivity contribution >= 4 is 44.6 Å². The number of nitrogens with zero attached hydrogens (tertiary/aromatic N) is 2. The van der Waals surface area contributed by atoms with Gasteiger partial charge in [-0.05, 0) is 108 Å². The summed E-state index contributed by atoms with van der Waals surface area (Å²) in [6.45, 7) is 53.7. The van der Waals surface area contributed by atoms with Crippen LogP contribution in [-0.2, 0) is 35.5 Å². The van der Waals surface area contributed by atoms with Crippen LogP contribution in [0.15, 0.2) is 48.5 Å². The van der Waals surface area contributed by atoms with Crippen molar-refractivity contribution in [3.05, 3.63) is 59.7 Å². The minimum atomic E-state index is -2.31. The van der Waals surface area contributed by atoms with E-state index in [1.54, 1.807) is 0 Å². The van der Waals surface area contributed by atoms with E-state index in [1.165, 1.54) is 16.8 Å². The van der Waals surface area contributed by atoms with E-state index in [1.807, 2.05) is 0 Å². The third-order valence-electron chi connectivity index (χ3n) is 15.2. The minimum absolute atomic E-state index is 0.0101. The highest BCUT2D eigenvalue weighted by molar-refractivity contribution is 6.75. The lowest BCUT2D eigenvalue weighted by atomic mass is 9.93. The maximum Gasteiger partial charge on any atom is 0.192 e. The van der Waals surface area contributed by atoms with E-state index in [-0.39, 0.29) is 44.5 Å². The Morgan fingerprint density at radius 1 is 0.583 bits per heavy atom. The summed E-state index contributed by atoms with van der Waals surface area (Å²) in [7, 11) is -8.92. The molecule has 2 heterocycles. The molecule has 3 unspecified atom stereocenters. The van der Waals surface area contributed by atoms with Gasteiger partial charge in [0.1, 0.15) is 0 Å². The first-order valence-electron chi connectivity index (χ1n) is 22.9. The molecule has 60 heavy (non-hydrogen) atoms. The molecule has 0 amide bonds. The summed E-state index contributed by atoms with van der Waals surface area (Å²) in [6, 6.07) is 18.0. The number of benzene rings is 2. The van der Waals surface area contributed by atoms with Crippen LogP contribution in [-0.4, -0.2) is 102 Å². The number of likely N-dealkylation sites (tertiary alicyclic amines) is 1. The topological polar surface area (TPSA) is 64.7 Å². The van der Waals surface area contributed by atoms with Gasteiger partial charge in [-0.25, -0.2) is 0 Å². The van der Waals surface area contributed by atoms with Crippen LogP contribution in [0.2, 0.25) is 72.5 Å². The molecule has 2 fully saturated rings. The Morgan fingerprint density at radius 3 is 1.52 bits per heavy atom. The van der Waals surface area contributed by atoms with Gasteiger partial charge in [0.05, 0.1) is 44.2 Å². The first-order chi connectivity index (χ1) is 27.2. The van der Waals surface area contributed by atoms with E-state index >= 15 is 0 Å². The summed E-state index contributed by atoms with van der Waals surface area (Å²) < 4.78 is 35.8. The second-order valence-corrected chi connectivity index (χ2v) is 43.1. The van der Waals surface area contributed by atoms with Crippen molar-refractivity contribution in [3.8, 4) is 0 Å². The van der Waals surface area contributed by atoms with Gasteiger partial charge >= 0.3 is 0 Å². The van der Waals surface area contributed by atoms with E-state index in [0.29, 0.717) is 6.61 Å². The van der Waals surface area contributed by atoms with Crippen LogP contribution in [0.25, 0.3) is 0 Å². The third-order valence-corrected chi connectivity index (χ3v) is 33.2. The molecular weight excluding hydrogens is 811 g/mol. The van der Waals surface area contributed by atoms with Crippen molar-refractivity contribution in [1.29, 1.82) is 0 Å². The average Bonchev–Trinajstić information content (AvgIpc) is 3.11. The molecule has 342 valence electrons. The molecule has 0 saturated carbocycles. The smallest absolute Gasteiger partial charge is 0.192 e. The Labute approximate surface area is 372 Å². The van der Waals surface area contributed by atoms with E-state index in [4.69, 9.17) is 22.4 Å². The highest BCUT2D eigenvalue weighted by Gasteiger charge is 2.55. The van der Waals surface area contributed by atoms with Gasteiger partial charge in [-0.3, -0.25) is 4.90 Å². The molecule has 2 aromatic rings. The van der Waals surface area contributed by atoms with Crippen molar-refractivity contribution in [1.82, 2.24) is 4.90 Å². The molecule has 2 aromatic carbocycles. The van der Waals surface area contributed by atoms with Crippen LogP contribution in [0.3, 0.4) is 0 Å². The molecule has 8 nitrogen and oxygen atoms in total. The summed E-state index contributed by atoms with van der Waals surface area (Å²) >= 11 is 0. The van der Waals surface area contributed by atoms with Crippen molar-refractivity contribution < 1.29 is 22.4 Å². The number of hydrogen-bond donors (Lipinski definition) is 1. The van der Waals surface area contributed by atoms with E-state index in [2.05, 4.69) is 199 Å². The maximum absolute atomic E-state index is 7.76. The Balaban J connectivity index is 1.73. The standard InChI is InChI=1S/C48H89N3O5Si4/c1-45(2,3)57(13,14)53-36-41-43(55-59(17,18)47(7,8)9)44(56-60(19,20)48(10,11)12)42(54-58(15,16)46(4,5)6)35-51(41)34-38-23-21-37(22-24-38)33-49-39-25-27-40(28-26-39)50-29-31-52-32-30-50/h21-28,41-44,49H,29-36H2,1-20H3/t41-,42?,43?,44?/m1/s1. The summed E-state index contributed by atoms with van der Waals surface area (Å²) in [5.74, 6) is 0. The van der Waals surface area contributed by atoms with Crippen LogP contribution >= 0.6 is 0 Å². The number of hydrogen-bond acceptors (Lipinski definition) is 8. The molecule has 2 saturated heterocycles. The Morgan fingerprint density at radius 2 is 1.03 bits per heavy atom. The third kappa shape index (κ3) is 12.9. The summed E-state index contributed by atoms with van der Waals surface area (Å²) in [4.78, 5) is 5.04. The van der Waals surface area contributed by atoms with Crippen LogP contribution in [0.5, 0.6) is 0 Å². The fourth-order valence-electron chi connectivity index (χ4n) is 6.80. The summed E-state index contributed by atoms with van der Waals surface area (Å²) in [5, 5.41) is 3.84. The molecule has 2 aliphatic rings. The second kappa shape index (κ2) is 19.0. The second-order valence-electron chi connectivity index (χ2n) is 24.0. The van der Waals surface area contributed by atoms with Gasteiger partial charge in [0.15, 0.2) is 33.3 Å². The van der Waals surface area contributed by atoms with Crippen molar-refractivity contribution in [2.45, 2.75) is 193 Å². The molecule has 1 N–H and O–H groups in total. The predicted molar refractivity (Wildman–Crippen MR) is 267 cm³/mol. The van der Waals surface area contributed by atoms with Crippen LogP contribution in [0.4, 0.5) is 11.4 Å². The van der Waals surface area contributed by atoms with Crippen molar-refractivity contribution in [3.63, 3.8) is 0 Å². The van der Waals surface area contributed by atoms with Crippen molar-refractivity contribution in [2.75, 3.05) is 49.7 Å². The Bertz CT molecular complexity index is 1650. The van der Waals surface area contributed by atoms with E-state index in [9.17, 15) is 0 Å². The van der Waals surface area contributed by atoms with Crippen LogP contribution in [0.1, 0.15) is 94.2 Å². The van der Waals surface area contributed by atoms with Gasteiger partial charge in [-0.15, -0.1) is 0 Å². The van der Waals surface area contributed by atoms with Crippen LogP contribution in [0, 0.1) is 0 Å². The average molecular weight is 901 g/mol. The zero-order chi connectivity index (χ0) is 45.3. The number of piperidine rings is 1. The summed E-state index contributed by atoms with van der Waals surface area (Å²) in [6.07, 6.45) is -0.571.